The van der Waals surface area contributed by atoms with Gasteiger partial charge in [-0.2, -0.15) is 11.8 Å². The maximum Gasteiger partial charge on any atom is 0.326 e. The number of carboxylic acid groups (broad SMARTS) is 1. The predicted molar refractivity (Wildman–Crippen MR) is 71.5 cm³/mol. The number of amides is 1. The van der Waals surface area contributed by atoms with Crippen LogP contribution in [0.2, 0.25) is 0 Å². The van der Waals surface area contributed by atoms with Gasteiger partial charge in [0.25, 0.3) is 0 Å². The normalized spacial score (nSPS) is 14.0. The second-order valence-electron chi connectivity index (χ2n) is 4.43. The summed E-state index contributed by atoms with van der Waals surface area (Å²) < 4.78 is 21.3. The quantitative estimate of drug-likeness (QED) is 0.693. The van der Waals surface area contributed by atoms with Crippen LogP contribution in [0.5, 0.6) is 0 Å². The van der Waals surface area contributed by atoms with E-state index in [1.807, 2.05) is 6.26 Å². The van der Waals surface area contributed by atoms with Gasteiger partial charge < -0.3 is 10.4 Å². The Kier molecular flexibility index (Phi) is 6.15. The average Bonchev–Trinajstić information content (AvgIpc) is 2.21. The van der Waals surface area contributed by atoms with Crippen molar-refractivity contribution >= 4 is 33.5 Å². The molecule has 0 bridgehead atoms. The molecule has 1 amide bonds. The summed E-state index contributed by atoms with van der Waals surface area (Å²) in [6, 6.07) is -1.06. The smallest absolute Gasteiger partial charge is 0.326 e. The molecule has 6 nitrogen and oxygen atoms in total. The van der Waals surface area contributed by atoms with Crippen LogP contribution >= 0.6 is 11.8 Å². The van der Waals surface area contributed by atoms with E-state index < -0.39 is 32.5 Å². The van der Waals surface area contributed by atoms with Crippen molar-refractivity contribution < 1.29 is 23.1 Å². The molecule has 0 aromatic rings. The van der Waals surface area contributed by atoms with Crippen LogP contribution in [0.3, 0.4) is 0 Å². The summed E-state index contributed by atoms with van der Waals surface area (Å²) in [4.78, 5) is 22.8. The SMILES string of the molecule is CSCCC(NC(=O)C(C)(C)S(C)(=O)=O)C(=O)O. The van der Waals surface area contributed by atoms with Crippen LogP contribution in [0, 0.1) is 0 Å². The zero-order valence-electron chi connectivity index (χ0n) is 10.9. The topological polar surface area (TPSA) is 101 Å². The van der Waals surface area contributed by atoms with Gasteiger partial charge in [0.15, 0.2) is 9.84 Å². The van der Waals surface area contributed by atoms with Crippen molar-refractivity contribution in [1.29, 1.82) is 0 Å². The largest absolute Gasteiger partial charge is 0.480 e. The van der Waals surface area contributed by atoms with Gasteiger partial charge >= 0.3 is 5.97 Å². The summed E-state index contributed by atoms with van der Waals surface area (Å²) in [6.07, 6.45) is 3.02. The van der Waals surface area contributed by atoms with E-state index in [0.717, 1.165) is 6.26 Å². The number of thioether (sulfide) groups is 1. The van der Waals surface area contributed by atoms with Crippen LogP contribution in [-0.2, 0) is 19.4 Å². The molecule has 18 heavy (non-hydrogen) atoms. The van der Waals surface area contributed by atoms with E-state index in [-0.39, 0.29) is 6.42 Å². The predicted octanol–water partition coefficient (Wildman–Crippen LogP) is 0.132. The molecule has 0 spiro atoms. The third kappa shape index (κ3) is 4.49. The van der Waals surface area contributed by atoms with E-state index in [1.165, 1.54) is 25.6 Å². The van der Waals surface area contributed by atoms with Crippen molar-refractivity contribution in [2.45, 2.75) is 31.1 Å². The minimum atomic E-state index is -3.60. The maximum atomic E-state index is 11.8. The minimum absolute atomic E-state index is 0.252. The Morgan fingerprint density at radius 3 is 2.22 bits per heavy atom. The highest BCUT2D eigenvalue weighted by atomic mass is 32.2. The fraction of sp³-hybridized carbons (Fsp3) is 0.800. The third-order valence-electron chi connectivity index (χ3n) is 2.69. The first kappa shape index (κ1) is 17.2. The van der Waals surface area contributed by atoms with Crippen molar-refractivity contribution in [1.82, 2.24) is 5.32 Å². The van der Waals surface area contributed by atoms with Crippen molar-refractivity contribution in [3.63, 3.8) is 0 Å². The molecule has 2 N–H and O–H groups in total. The van der Waals surface area contributed by atoms with Gasteiger partial charge in [0.1, 0.15) is 10.8 Å². The molecule has 0 rings (SSSR count). The number of aliphatic carboxylic acids is 1. The molecule has 0 aliphatic heterocycles. The zero-order chi connectivity index (χ0) is 14.6. The van der Waals surface area contributed by atoms with E-state index in [4.69, 9.17) is 5.11 Å². The molecule has 0 aromatic carbocycles. The molecule has 0 aromatic heterocycles. The molecule has 8 heteroatoms. The molecule has 0 saturated heterocycles. The number of carbonyl (C=O) groups is 2. The lowest BCUT2D eigenvalue weighted by atomic mass is 10.1. The summed E-state index contributed by atoms with van der Waals surface area (Å²) in [5, 5.41) is 11.2. The molecule has 0 radical (unpaired) electrons. The first-order chi connectivity index (χ1) is 8.04. The number of hydrogen-bond acceptors (Lipinski definition) is 5. The van der Waals surface area contributed by atoms with Gasteiger partial charge in [-0.15, -0.1) is 0 Å². The molecule has 0 saturated carbocycles. The number of carbonyl (C=O) groups excluding carboxylic acids is 1. The fourth-order valence-corrected chi connectivity index (χ4v) is 1.86. The first-order valence-corrected chi connectivity index (χ1v) is 8.55. The highest BCUT2D eigenvalue weighted by molar-refractivity contribution is 7.98. The van der Waals surface area contributed by atoms with Crippen molar-refractivity contribution in [3.05, 3.63) is 0 Å². The second kappa shape index (κ2) is 6.42. The van der Waals surface area contributed by atoms with Crippen LogP contribution in [0.25, 0.3) is 0 Å². The van der Waals surface area contributed by atoms with E-state index >= 15 is 0 Å². The van der Waals surface area contributed by atoms with Crippen molar-refractivity contribution in [2.75, 3.05) is 18.3 Å². The number of hydrogen-bond donors (Lipinski definition) is 2. The zero-order valence-corrected chi connectivity index (χ0v) is 12.5. The molecule has 0 heterocycles. The fourth-order valence-electron chi connectivity index (χ4n) is 0.994. The third-order valence-corrected chi connectivity index (χ3v) is 5.37. The van der Waals surface area contributed by atoms with Gasteiger partial charge in [-0.25, -0.2) is 13.2 Å². The monoisotopic (exact) mass is 297 g/mol. The average molecular weight is 297 g/mol. The Hall–Kier alpha value is -0.760. The van der Waals surface area contributed by atoms with Crippen molar-refractivity contribution in [2.24, 2.45) is 0 Å². The molecular weight excluding hydrogens is 278 g/mol. The van der Waals surface area contributed by atoms with Crippen molar-refractivity contribution in [3.8, 4) is 0 Å². The minimum Gasteiger partial charge on any atom is -0.480 e. The van der Waals surface area contributed by atoms with Crippen LogP contribution in [0.4, 0.5) is 0 Å². The summed E-state index contributed by atoms with van der Waals surface area (Å²) in [5.74, 6) is -1.39. The molecule has 0 aliphatic carbocycles. The molecular formula is C10H19NO5S2. The second-order valence-corrected chi connectivity index (χ2v) is 7.98. The number of rotatable bonds is 7. The van der Waals surface area contributed by atoms with E-state index in [9.17, 15) is 18.0 Å². The Morgan fingerprint density at radius 2 is 1.89 bits per heavy atom. The lowest BCUT2D eigenvalue weighted by Gasteiger charge is -2.24. The van der Waals surface area contributed by atoms with Crippen LogP contribution in [0.15, 0.2) is 0 Å². The Balaban J connectivity index is 4.86. The van der Waals surface area contributed by atoms with Gasteiger partial charge in [0.2, 0.25) is 5.91 Å². The molecule has 1 atom stereocenters. The Morgan fingerprint density at radius 1 is 1.39 bits per heavy atom. The molecule has 0 fully saturated rings. The van der Waals surface area contributed by atoms with E-state index in [0.29, 0.717) is 5.75 Å². The Labute approximate surface area is 111 Å². The highest BCUT2D eigenvalue weighted by Crippen LogP contribution is 2.16. The van der Waals surface area contributed by atoms with Gasteiger partial charge in [-0.1, -0.05) is 0 Å². The Bertz CT molecular complexity index is 416. The van der Waals surface area contributed by atoms with Gasteiger partial charge in [0, 0.05) is 6.26 Å². The van der Waals surface area contributed by atoms with E-state index in [2.05, 4.69) is 5.32 Å². The maximum absolute atomic E-state index is 11.8. The van der Waals surface area contributed by atoms with Crippen LogP contribution < -0.4 is 5.32 Å². The van der Waals surface area contributed by atoms with Gasteiger partial charge in [0.05, 0.1) is 0 Å². The van der Waals surface area contributed by atoms with Crippen LogP contribution in [-0.4, -0.2) is 54.5 Å². The number of nitrogens with one attached hydrogen (secondary N) is 1. The lowest BCUT2D eigenvalue weighted by molar-refractivity contribution is -0.142. The summed E-state index contributed by atoms with van der Waals surface area (Å²) >= 11 is 1.45. The van der Waals surface area contributed by atoms with E-state index in [1.54, 1.807) is 0 Å². The summed E-state index contributed by atoms with van der Waals surface area (Å²) in [7, 11) is -3.60. The van der Waals surface area contributed by atoms with Gasteiger partial charge in [-0.3, -0.25) is 4.79 Å². The first-order valence-electron chi connectivity index (χ1n) is 5.26. The number of sulfone groups is 1. The van der Waals surface area contributed by atoms with Crippen LogP contribution in [0.1, 0.15) is 20.3 Å². The molecule has 0 aliphatic rings. The molecule has 106 valence electrons. The molecule has 1 unspecified atom stereocenters. The lowest BCUT2D eigenvalue weighted by Crippen LogP contribution is -2.52. The highest BCUT2D eigenvalue weighted by Gasteiger charge is 2.40. The summed E-state index contributed by atoms with van der Waals surface area (Å²) in [5.41, 5.74) is 0. The van der Waals surface area contributed by atoms with Gasteiger partial charge in [-0.05, 0) is 32.3 Å². The summed E-state index contributed by atoms with van der Waals surface area (Å²) in [6.45, 7) is 2.51. The number of carboxylic acids is 1. The standard InChI is InChI=1S/C10H19NO5S2/c1-10(2,18(4,15)16)9(14)11-7(8(12)13)5-6-17-3/h7H,5-6H2,1-4H3,(H,11,14)(H,12,13).